The number of carbonyl (C=O) groups is 1. The SMILES string of the molecule is NNC(=O)CNc1ccc(Sc2ccccc2)cc1. The van der Waals surface area contributed by atoms with Crippen LogP contribution in [0, 0.1) is 0 Å². The molecule has 4 N–H and O–H groups in total. The molecule has 0 radical (unpaired) electrons. The van der Waals surface area contributed by atoms with Crippen molar-refractivity contribution in [1.29, 1.82) is 0 Å². The number of hydrogen-bond donors (Lipinski definition) is 3. The van der Waals surface area contributed by atoms with Crippen molar-refractivity contribution in [3.8, 4) is 0 Å². The van der Waals surface area contributed by atoms with Crippen LogP contribution in [0.25, 0.3) is 0 Å². The predicted octanol–water partition coefficient (Wildman–Crippen LogP) is 2.24. The van der Waals surface area contributed by atoms with Crippen LogP contribution >= 0.6 is 11.8 Å². The second kappa shape index (κ2) is 6.82. The summed E-state index contributed by atoms with van der Waals surface area (Å²) in [6.07, 6.45) is 0. The quantitative estimate of drug-likeness (QED) is 0.444. The van der Waals surface area contributed by atoms with Gasteiger partial charge in [-0.1, -0.05) is 30.0 Å². The molecule has 0 spiro atoms. The number of benzene rings is 2. The van der Waals surface area contributed by atoms with Crippen LogP contribution < -0.4 is 16.6 Å². The molecule has 0 fully saturated rings. The average molecular weight is 273 g/mol. The Kier molecular flexibility index (Phi) is 4.83. The van der Waals surface area contributed by atoms with E-state index in [1.54, 1.807) is 11.8 Å². The van der Waals surface area contributed by atoms with Crippen LogP contribution in [-0.2, 0) is 4.79 Å². The van der Waals surface area contributed by atoms with Gasteiger partial charge in [0.1, 0.15) is 0 Å². The summed E-state index contributed by atoms with van der Waals surface area (Å²) in [5.41, 5.74) is 2.96. The fraction of sp³-hybridized carbons (Fsp3) is 0.0714. The van der Waals surface area contributed by atoms with Crippen LogP contribution in [0.2, 0.25) is 0 Å². The molecule has 0 aliphatic rings. The Morgan fingerprint density at radius 3 is 2.26 bits per heavy atom. The number of rotatable bonds is 5. The molecule has 0 aromatic heterocycles. The van der Waals surface area contributed by atoms with E-state index < -0.39 is 0 Å². The number of hydrogen-bond acceptors (Lipinski definition) is 4. The molecule has 2 aromatic carbocycles. The van der Waals surface area contributed by atoms with Crippen LogP contribution in [0.4, 0.5) is 5.69 Å². The fourth-order valence-corrected chi connectivity index (χ4v) is 2.34. The van der Waals surface area contributed by atoms with Gasteiger partial charge >= 0.3 is 0 Å². The zero-order valence-electron chi connectivity index (χ0n) is 10.3. The highest BCUT2D eigenvalue weighted by Crippen LogP contribution is 2.27. The molecule has 0 bridgehead atoms. The Hall–Kier alpha value is -1.98. The molecule has 5 heteroatoms. The smallest absolute Gasteiger partial charge is 0.253 e. The monoisotopic (exact) mass is 273 g/mol. The van der Waals surface area contributed by atoms with Gasteiger partial charge in [-0.05, 0) is 36.4 Å². The van der Waals surface area contributed by atoms with Gasteiger partial charge < -0.3 is 5.32 Å². The predicted molar refractivity (Wildman–Crippen MR) is 77.8 cm³/mol. The maximum atomic E-state index is 11.0. The van der Waals surface area contributed by atoms with Gasteiger partial charge in [-0.3, -0.25) is 10.2 Å². The summed E-state index contributed by atoms with van der Waals surface area (Å²) in [6.45, 7) is 0.168. The van der Waals surface area contributed by atoms with Crippen LogP contribution in [0.3, 0.4) is 0 Å². The van der Waals surface area contributed by atoms with Gasteiger partial charge in [0.15, 0.2) is 0 Å². The third kappa shape index (κ3) is 4.31. The highest BCUT2D eigenvalue weighted by Gasteiger charge is 1.99. The van der Waals surface area contributed by atoms with E-state index in [0.29, 0.717) is 0 Å². The van der Waals surface area contributed by atoms with E-state index in [1.807, 2.05) is 42.5 Å². The first-order valence-electron chi connectivity index (χ1n) is 5.84. The van der Waals surface area contributed by atoms with E-state index in [2.05, 4.69) is 22.9 Å². The Morgan fingerprint density at radius 1 is 1.00 bits per heavy atom. The van der Waals surface area contributed by atoms with E-state index in [1.165, 1.54) is 4.90 Å². The third-order valence-corrected chi connectivity index (χ3v) is 3.46. The lowest BCUT2D eigenvalue weighted by Gasteiger charge is -2.06. The Morgan fingerprint density at radius 2 is 1.63 bits per heavy atom. The molecular weight excluding hydrogens is 258 g/mol. The molecule has 2 aromatic rings. The largest absolute Gasteiger partial charge is 0.376 e. The van der Waals surface area contributed by atoms with Crippen molar-refractivity contribution in [3.63, 3.8) is 0 Å². The minimum Gasteiger partial charge on any atom is -0.376 e. The zero-order chi connectivity index (χ0) is 13.5. The van der Waals surface area contributed by atoms with E-state index >= 15 is 0 Å². The number of nitrogens with two attached hydrogens (primary N) is 1. The van der Waals surface area contributed by atoms with Crippen molar-refractivity contribution in [1.82, 2.24) is 5.43 Å². The highest BCUT2D eigenvalue weighted by molar-refractivity contribution is 7.99. The van der Waals surface area contributed by atoms with E-state index in [-0.39, 0.29) is 12.5 Å². The van der Waals surface area contributed by atoms with Crippen LogP contribution in [0.15, 0.2) is 64.4 Å². The van der Waals surface area contributed by atoms with Gasteiger partial charge in [-0.15, -0.1) is 0 Å². The minimum absolute atomic E-state index is 0.168. The number of anilines is 1. The van der Waals surface area contributed by atoms with Gasteiger partial charge in [0.25, 0.3) is 5.91 Å². The van der Waals surface area contributed by atoms with Crippen LogP contribution in [0.1, 0.15) is 0 Å². The molecule has 19 heavy (non-hydrogen) atoms. The lowest BCUT2D eigenvalue weighted by molar-refractivity contribution is -0.119. The third-order valence-electron chi connectivity index (χ3n) is 2.45. The first kappa shape index (κ1) is 13.5. The van der Waals surface area contributed by atoms with Crippen molar-refractivity contribution in [2.75, 3.05) is 11.9 Å². The van der Waals surface area contributed by atoms with Crippen molar-refractivity contribution in [2.24, 2.45) is 5.84 Å². The van der Waals surface area contributed by atoms with Gasteiger partial charge in [-0.25, -0.2) is 5.84 Å². The summed E-state index contributed by atoms with van der Waals surface area (Å²) in [4.78, 5) is 13.3. The molecule has 4 nitrogen and oxygen atoms in total. The molecule has 98 valence electrons. The number of nitrogens with one attached hydrogen (secondary N) is 2. The van der Waals surface area contributed by atoms with E-state index in [9.17, 15) is 4.79 Å². The van der Waals surface area contributed by atoms with Gasteiger partial charge in [0.05, 0.1) is 6.54 Å². The van der Waals surface area contributed by atoms with E-state index in [4.69, 9.17) is 5.84 Å². The molecule has 0 heterocycles. The summed E-state index contributed by atoms with van der Waals surface area (Å²) >= 11 is 1.70. The van der Waals surface area contributed by atoms with Gasteiger partial charge in [-0.2, -0.15) is 0 Å². The van der Waals surface area contributed by atoms with Crippen molar-refractivity contribution in [3.05, 3.63) is 54.6 Å². The van der Waals surface area contributed by atoms with Gasteiger partial charge in [0.2, 0.25) is 0 Å². The number of amides is 1. The summed E-state index contributed by atoms with van der Waals surface area (Å²) in [6, 6.07) is 18.1. The molecule has 2 rings (SSSR count). The molecule has 0 atom stereocenters. The highest BCUT2D eigenvalue weighted by atomic mass is 32.2. The lowest BCUT2D eigenvalue weighted by atomic mass is 10.3. The number of carbonyl (C=O) groups excluding carboxylic acids is 1. The molecule has 0 aliphatic heterocycles. The second-order valence-electron chi connectivity index (χ2n) is 3.86. The van der Waals surface area contributed by atoms with Crippen molar-refractivity contribution in [2.45, 2.75) is 9.79 Å². The fourth-order valence-electron chi connectivity index (χ4n) is 1.50. The topological polar surface area (TPSA) is 67.1 Å². The Labute approximate surface area is 116 Å². The molecule has 0 saturated carbocycles. The summed E-state index contributed by atoms with van der Waals surface area (Å²) in [5, 5.41) is 2.99. The van der Waals surface area contributed by atoms with Crippen molar-refractivity contribution < 1.29 is 4.79 Å². The summed E-state index contributed by atoms with van der Waals surface area (Å²) < 4.78 is 0. The molecule has 1 amide bonds. The molecule has 0 unspecified atom stereocenters. The maximum absolute atomic E-state index is 11.0. The standard InChI is InChI=1S/C14H15N3OS/c15-17-14(18)10-16-11-6-8-13(9-7-11)19-12-4-2-1-3-5-12/h1-9,16H,10,15H2,(H,17,18). The zero-order valence-corrected chi connectivity index (χ0v) is 11.1. The molecule has 0 aliphatic carbocycles. The second-order valence-corrected chi connectivity index (χ2v) is 5.01. The lowest BCUT2D eigenvalue weighted by Crippen LogP contribution is -2.35. The normalized spacial score (nSPS) is 9.95. The average Bonchev–Trinajstić information content (AvgIpc) is 2.47. The first-order chi connectivity index (χ1) is 9.28. The van der Waals surface area contributed by atoms with Gasteiger partial charge in [0, 0.05) is 15.5 Å². The minimum atomic E-state index is -0.247. The van der Waals surface area contributed by atoms with E-state index in [0.717, 1.165) is 10.6 Å². The summed E-state index contributed by atoms with van der Waals surface area (Å²) in [5.74, 6) is 4.76. The van der Waals surface area contributed by atoms with Crippen LogP contribution in [0.5, 0.6) is 0 Å². The maximum Gasteiger partial charge on any atom is 0.253 e. The van der Waals surface area contributed by atoms with Crippen LogP contribution in [-0.4, -0.2) is 12.5 Å². The molecule has 0 saturated heterocycles. The Bertz CT molecular complexity index is 528. The molecular formula is C14H15N3OS. The Balaban J connectivity index is 1.93. The number of hydrazine groups is 1. The summed E-state index contributed by atoms with van der Waals surface area (Å²) in [7, 11) is 0. The first-order valence-corrected chi connectivity index (χ1v) is 6.66. The van der Waals surface area contributed by atoms with Crippen molar-refractivity contribution >= 4 is 23.4 Å².